The number of likely N-dealkylation sites (tertiary alicyclic amines) is 3. The van der Waals surface area contributed by atoms with E-state index in [0.717, 1.165) is 73.2 Å². The number of ether oxygens (including phenoxy) is 2. The van der Waals surface area contributed by atoms with Gasteiger partial charge in [0.2, 0.25) is 17.7 Å². The van der Waals surface area contributed by atoms with Gasteiger partial charge in [-0.05, 0) is 80.1 Å². The molecule has 4 aliphatic heterocycles. The lowest BCUT2D eigenvalue weighted by atomic mass is 9.89. The summed E-state index contributed by atoms with van der Waals surface area (Å²) < 4.78 is 13.4. The van der Waals surface area contributed by atoms with Gasteiger partial charge in [-0.3, -0.25) is 39.4 Å². The smallest absolute Gasteiger partial charge is 0.276 e. The number of amides is 3. The molecule has 2 aromatic carbocycles. The largest absolute Gasteiger partial charge is 0.496 e. The molecule has 14 heteroatoms. The predicted molar refractivity (Wildman–Crippen MR) is 199 cm³/mol. The van der Waals surface area contributed by atoms with Crippen LogP contribution in [0, 0.1) is 0 Å². The van der Waals surface area contributed by atoms with Gasteiger partial charge < -0.3 is 24.3 Å². The van der Waals surface area contributed by atoms with Crippen LogP contribution in [0.2, 0.25) is 0 Å². The van der Waals surface area contributed by atoms with Crippen molar-refractivity contribution in [3.63, 3.8) is 0 Å². The van der Waals surface area contributed by atoms with Gasteiger partial charge in [0, 0.05) is 68.0 Å². The number of nitrogens with one attached hydrogen (secondary N) is 3. The van der Waals surface area contributed by atoms with E-state index in [-0.39, 0.29) is 35.4 Å². The molecule has 14 nitrogen and oxygen atoms in total. The Kier molecular flexibility index (Phi) is 9.41. The van der Waals surface area contributed by atoms with Crippen molar-refractivity contribution in [1.82, 2.24) is 34.8 Å². The van der Waals surface area contributed by atoms with E-state index in [1.165, 1.54) is 5.56 Å². The number of H-pyrrole nitrogens is 1. The number of piperazine rings is 1. The maximum absolute atomic E-state index is 13.6. The second-order valence-electron chi connectivity index (χ2n) is 14.8. The Hall–Kier alpha value is -5.21. The van der Waals surface area contributed by atoms with Gasteiger partial charge in [0.05, 0.1) is 32.5 Å². The zero-order valence-corrected chi connectivity index (χ0v) is 30.4. The first kappa shape index (κ1) is 34.9. The molecule has 6 heterocycles. The number of fused-ring (bicyclic) bond motifs is 3. The zero-order valence-electron chi connectivity index (χ0n) is 30.4. The van der Waals surface area contributed by atoms with E-state index >= 15 is 0 Å². The Balaban J connectivity index is 0.850. The number of aryl methyl sites for hydroxylation is 1. The van der Waals surface area contributed by atoms with Crippen LogP contribution in [0.15, 0.2) is 53.6 Å². The van der Waals surface area contributed by atoms with Crippen LogP contribution in [0.4, 0.5) is 5.69 Å². The van der Waals surface area contributed by atoms with Crippen molar-refractivity contribution in [3.05, 3.63) is 70.3 Å². The quantitative estimate of drug-likeness (QED) is 0.208. The molecule has 4 fully saturated rings. The molecule has 0 radical (unpaired) electrons. The van der Waals surface area contributed by atoms with Crippen LogP contribution in [0.3, 0.4) is 0 Å². The number of aromatic nitrogens is 3. The molecule has 1 unspecified atom stereocenters. The second kappa shape index (κ2) is 14.3. The van der Waals surface area contributed by atoms with Gasteiger partial charge in [-0.15, -0.1) is 0 Å². The molecule has 0 aliphatic carbocycles. The van der Waals surface area contributed by atoms with Crippen LogP contribution >= 0.6 is 0 Å². The monoisotopic (exact) mass is 722 g/mol. The lowest BCUT2D eigenvalue weighted by molar-refractivity contribution is -0.135. The van der Waals surface area contributed by atoms with Crippen molar-refractivity contribution in [2.75, 3.05) is 52.3 Å². The van der Waals surface area contributed by atoms with Crippen molar-refractivity contribution >= 4 is 34.3 Å². The molecule has 4 saturated heterocycles. The van der Waals surface area contributed by atoms with Crippen molar-refractivity contribution in [2.45, 2.75) is 62.7 Å². The second-order valence-corrected chi connectivity index (χ2v) is 14.8. The van der Waals surface area contributed by atoms with E-state index < -0.39 is 6.04 Å². The van der Waals surface area contributed by atoms with Crippen molar-refractivity contribution in [3.8, 4) is 22.6 Å². The number of hydrogen-bond acceptors (Lipinski definition) is 10. The number of pyridine rings is 1. The Morgan fingerprint density at radius 2 is 1.72 bits per heavy atom. The predicted octanol–water partition coefficient (Wildman–Crippen LogP) is 2.83. The van der Waals surface area contributed by atoms with Gasteiger partial charge in [-0.25, -0.2) is 0 Å². The number of carbonyl (C=O) groups is 3. The Bertz CT molecular complexity index is 2080. The van der Waals surface area contributed by atoms with Crippen LogP contribution in [-0.4, -0.2) is 112 Å². The van der Waals surface area contributed by atoms with Gasteiger partial charge >= 0.3 is 0 Å². The number of hydrogen-bond donors (Lipinski definition) is 3. The number of rotatable bonds is 10. The lowest BCUT2D eigenvalue weighted by Gasteiger charge is -2.37. The highest BCUT2D eigenvalue weighted by Crippen LogP contribution is 2.40. The summed E-state index contributed by atoms with van der Waals surface area (Å²) in [5, 5.41) is 13.3. The first-order valence-electron chi connectivity index (χ1n) is 18.4. The van der Waals surface area contributed by atoms with Crippen molar-refractivity contribution < 1.29 is 23.9 Å². The maximum Gasteiger partial charge on any atom is 0.276 e. The number of nitrogens with zero attached hydrogens (tertiary/aromatic N) is 5. The molecule has 0 saturated carbocycles. The minimum absolute atomic E-state index is 0.139. The highest BCUT2D eigenvalue weighted by Gasteiger charge is 2.45. The number of aromatic amines is 1. The van der Waals surface area contributed by atoms with Gasteiger partial charge in [0.1, 0.15) is 23.1 Å². The lowest BCUT2D eigenvalue weighted by Crippen LogP contribution is -2.51. The summed E-state index contributed by atoms with van der Waals surface area (Å²) >= 11 is 0. The van der Waals surface area contributed by atoms with Gasteiger partial charge in [0.25, 0.3) is 5.56 Å². The normalized spacial score (nSPS) is 22.4. The number of benzene rings is 2. The number of anilines is 1. The van der Waals surface area contributed by atoms with E-state index in [0.29, 0.717) is 48.9 Å². The number of piperidine rings is 2. The molecule has 3 atom stereocenters. The van der Waals surface area contributed by atoms with E-state index in [9.17, 15) is 19.2 Å². The SMILES string of the molecule is COc1cc(-c2cn(C)c(=O)c3[nH]ncc23)cc(OC)c1CN1C[C@@H]2C[C@H]1CN2C(=O)CN1CCC(c2ccc(NC3CCC(=O)NC3=O)cc2)CC1. The minimum Gasteiger partial charge on any atom is -0.496 e. The summed E-state index contributed by atoms with van der Waals surface area (Å²) in [6.07, 6.45) is 7.27. The molecule has 2 aromatic heterocycles. The molecule has 4 aromatic rings. The van der Waals surface area contributed by atoms with Gasteiger partial charge in [0.15, 0.2) is 0 Å². The van der Waals surface area contributed by atoms with Crippen LogP contribution in [0.25, 0.3) is 22.0 Å². The van der Waals surface area contributed by atoms with E-state index in [1.807, 2.05) is 30.5 Å². The summed E-state index contributed by atoms with van der Waals surface area (Å²) in [5.74, 6) is 1.57. The summed E-state index contributed by atoms with van der Waals surface area (Å²) in [4.78, 5) is 56.6. The average molecular weight is 723 g/mol. The summed E-state index contributed by atoms with van der Waals surface area (Å²) in [5.41, 5.74) is 5.13. The standard InChI is InChI=1S/C39H46N8O6/c1-44-20-30(29-17-40-43-37(29)39(44)51)25-14-33(52-2)31(34(15-25)53-3)21-46-18-28-16-27(46)19-47(28)36(49)22-45-12-10-24(11-13-45)23-4-6-26(7-5-23)41-32-8-9-35(48)42-38(32)50/h4-7,14-15,17,20,24,27-28,32,41H,8-13,16,18-19,21-22H2,1-3H3,(H,40,43)(H,42,48,50)/t27-,28-,32?/m0/s1. The number of methoxy groups -OCH3 is 2. The Morgan fingerprint density at radius 3 is 2.38 bits per heavy atom. The fraction of sp³-hybridized carbons (Fsp3) is 0.462. The molecule has 4 aliphatic rings. The van der Waals surface area contributed by atoms with Crippen LogP contribution in [0.1, 0.15) is 49.1 Å². The number of imide groups is 1. The average Bonchev–Trinajstić information content (AvgIpc) is 3.92. The molecule has 8 rings (SSSR count). The first-order chi connectivity index (χ1) is 25.7. The third kappa shape index (κ3) is 6.77. The highest BCUT2D eigenvalue weighted by molar-refractivity contribution is 6.01. The molecular formula is C39H46N8O6. The van der Waals surface area contributed by atoms with Gasteiger partial charge in [-0.1, -0.05) is 12.1 Å². The third-order valence-electron chi connectivity index (χ3n) is 11.6. The molecule has 0 spiro atoms. The Labute approximate surface area is 307 Å². The zero-order chi connectivity index (χ0) is 36.8. The van der Waals surface area contributed by atoms with Crippen LogP contribution in [-0.2, 0) is 28.0 Å². The molecule has 2 bridgehead atoms. The summed E-state index contributed by atoms with van der Waals surface area (Å²) in [7, 11) is 5.05. The van der Waals surface area contributed by atoms with Crippen molar-refractivity contribution in [2.24, 2.45) is 7.05 Å². The molecule has 278 valence electrons. The van der Waals surface area contributed by atoms with E-state index in [2.05, 4.69) is 47.7 Å². The van der Waals surface area contributed by atoms with Crippen LogP contribution in [0.5, 0.6) is 11.5 Å². The van der Waals surface area contributed by atoms with E-state index in [1.54, 1.807) is 32.0 Å². The molecule has 3 N–H and O–H groups in total. The number of carbonyl (C=O) groups excluding carboxylic acids is 3. The highest BCUT2D eigenvalue weighted by atomic mass is 16.5. The molecule has 3 amide bonds. The molecular weight excluding hydrogens is 676 g/mol. The third-order valence-corrected chi connectivity index (χ3v) is 11.6. The summed E-state index contributed by atoms with van der Waals surface area (Å²) in [6.45, 7) is 4.37. The summed E-state index contributed by atoms with van der Waals surface area (Å²) in [6, 6.07) is 12.3. The topological polar surface area (TPSA) is 154 Å². The first-order valence-corrected chi connectivity index (χ1v) is 18.4. The Morgan fingerprint density at radius 1 is 0.981 bits per heavy atom. The maximum atomic E-state index is 13.6. The fourth-order valence-electron chi connectivity index (χ4n) is 8.72. The fourth-order valence-corrected chi connectivity index (χ4v) is 8.72. The van der Waals surface area contributed by atoms with E-state index in [4.69, 9.17) is 9.47 Å². The molecule has 53 heavy (non-hydrogen) atoms. The van der Waals surface area contributed by atoms with Crippen molar-refractivity contribution in [1.29, 1.82) is 0 Å². The van der Waals surface area contributed by atoms with Crippen LogP contribution < -0.4 is 25.7 Å². The van der Waals surface area contributed by atoms with Gasteiger partial charge in [-0.2, -0.15) is 5.10 Å². The minimum atomic E-state index is -0.395.